The Morgan fingerprint density at radius 3 is 2.30 bits per heavy atom. The van der Waals surface area contributed by atoms with E-state index < -0.39 is 11.6 Å². The first-order valence-corrected chi connectivity index (χ1v) is 11.3. The van der Waals surface area contributed by atoms with Crippen molar-refractivity contribution in [2.45, 2.75) is 53.1 Å². The molecule has 0 aliphatic heterocycles. The van der Waals surface area contributed by atoms with E-state index >= 15 is 0 Å². The van der Waals surface area contributed by atoms with E-state index in [1.165, 1.54) is 11.3 Å². The molecule has 2 amide bonds. The summed E-state index contributed by atoms with van der Waals surface area (Å²) in [4.78, 5) is 29.5. The highest BCUT2D eigenvalue weighted by atomic mass is 32.1. The SMILES string of the molecule is Cc1cc(C)c(N(C(=O)c2csnn2)[C@@H](C(=O)NC(C)(C)C)c2cccs2)c(C)c1. The van der Waals surface area contributed by atoms with Crippen LogP contribution in [0, 0.1) is 20.8 Å². The molecule has 158 valence electrons. The van der Waals surface area contributed by atoms with Crippen LogP contribution in [-0.4, -0.2) is 26.9 Å². The monoisotopic (exact) mass is 442 g/mol. The fourth-order valence-electron chi connectivity index (χ4n) is 3.54. The van der Waals surface area contributed by atoms with Crippen molar-refractivity contribution in [1.82, 2.24) is 14.9 Å². The average Bonchev–Trinajstić information content (AvgIpc) is 3.32. The van der Waals surface area contributed by atoms with Gasteiger partial charge in [-0.25, -0.2) is 0 Å². The van der Waals surface area contributed by atoms with Gasteiger partial charge in [-0.1, -0.05) is 28.3 Å². The van der Waals surface area contributed by atoms with Gasteiger partial charge < -0.3 is 5.32 Å². The first-order valence-electron chi connectivity index (χ1n) is 9.62. The highest BCUT2D eigenvalue weighted by Gasteiger charge is 2.37. The smallest absolute Gasteiger partial charge is 0.280 e. The van der Waals surface area contributed by atoms with Gasteiger partial charge in [-0.15, -0.1) is 16.4 Å². The van der Waals surface area contributed by atoms with Gasteiger partial charge in [0.15, 0.2) is 11.7 Å². The standard InChI is InChI=1S/C22H26N4O2S2/c1-13-10-14(2)18(15(3)11-13)26(21(28)16-12-30-25-24-16)19(17-8-7-9-29-17)20(27)23-22(4,5)6/h7-12,19H,1-6H3,(H,23,27)/t19-/m1/s1. The molecule has 1 aromatic carbocycles. The van der Waals surface area contributed by atoms with E-state index in [0.29, 0.717) is 0 Å². The molecular formula is C22H26N4O2S2. The summed E-state index contributed by atoms with van der Waals surface area (Å²) >= 11 is 2.56. The summed E-state index contributed by atoms with van der Waals surface area (Å²) in [6.07, 6.45) is 0. The number of aryl methyl sites for hydroxylation is 3. The topological polar surface area (TPSA) is 75.2 Å². The molecule has 0 radical (unpaired) electrons. The van der Waals surface area contributed by atoms with Crippen LogP contribution < -0.4 is 10.2 Å². The minimum atomic E-state index is -0.821. The number of rotatable bonds is 5. The van der Waals surface area contributed by atoms with E-state index in [9.17, 15) is 9.59 Å². The third-order valence-electron chi connectivity index (χ3n) is 4.49. The lowest BCUT2D eigenvalue weighted by Crippen LogP contribution is -2.49. The van der Waals surface area contributed by atoms with E-state index in [1.807, 2.05) is 71.2 Å². The Bertz CT molecular complexity index is 1010. The molecule has 0 bridgehead atoms. The Morgan fingerprint density at radius 1 is 1.13 bits per heavy atom. The summed E-state index contributed by atoms with van der Waals surface area (Å²) in [5, 5.41) is 10.6. The van der Waals surface area contributed by atoms with Crippen LogP contribution in [0.1, 0.15) is 58.9 Å². The Hall–Kier alpha value is -2.58. The number of amides is 2. The number of hydrogen-bond donors (Lipinski definition) is 1. The molecule has 0 spiro atoms. The highest BCUT2D eigenvalue weighted by Crippen LogP contribution is 2.36. The predicted octanol–water partition coefficient (Wildman–Crippen LogP) is 4.83. The first kappa shape index (κ1) is 22.1. The molecule has 1 atom stereocenters. The number of nitrogens with zero attached hydrogens (tertiary/aromatic N) is 3. The number of hydrogen-bond acceptors (Lipinski definition) is 6. The van der Waals surface area contributed by atoms with Gasteiger partial charge in [0.05, 0.1) is 5.69 Å². The van der Waals surface area contributed by atoms with Gasteiger partial charge in [0.1, 0.15) is 0 Å². The van der Waals surface area contributed by atoms with Gasteiger partial charge in [0, 0.05) is 15.8 Å². The maximum Gasteiger partial charge on any atom is 0.280 e. The van der Waals surface area contributed by atoms with E-state index in [0.717, 1.165) is 38.8 Å². The van der Waals surface area contributed by atoms with Crippen molar-refractivity contribution in [2.75, 3.05) is 4.90 Å². The zero-order valence-electron chi connectivity index (χ0n) is 18.0. The molecule has 0 aliphatic carbocycles. The first-order chi connectivity index (χ1) is 14.1. The summed E-state index contributed by atoms with van der Waals surface area (Å²) in [7, 11) is 0. The molecule has 0 unspecified atom stereocenters. The summed E-state index contributed by atoms with van der Waals surface area (Å²) in [6.45, 7) is 11.7. The normalized spacial score (nSPS) is 12.5. The van der Waals surface area contributed by atoms with Gasteiger partial charge >= 0.3 is 0 Å². The number of carbonyl (C=O) groups excluding carboxylic acids is 2. The van der Waals surface area contributed by atoms with Crippen LogP contribution in [0.15, 0.2) is 35.0 Å². The van der Waals surface area contributed by atoms with Gasteiger partial charge in [0.2, 0.25) is 5.91 Å². The summed E-state index contributed by atoms with van der Waals surface area (Å²) in [5.41, 5.74) is 3.46. The fourth-order valence-corrected chi connectivity index (χ4v) is 4.78. The molecule has 30 heavy (non-hydrogen) atoms. The summed E-state index contributed by atoms with van der Waals surface area (Å²) < 4.78 is 3.85. The number of thiophene rings is 1. The fraction of sp³-hybridized carbons (Fsp3) is 0.364. The highest BCUT2D eigenvalue weighted by molar-refractivity contribution is 7.10. The van der Waals surface area contributed by atoms with Gasteiger partial charge in [0.25, 0.3) is 5.91 Å². The zero-order valence-corrected chi connectivity index (χ0v) is 19.6. The van der Waals surface area contributed by atoms with E-state index in [1.54, 1.807) is 10.3 Å². The van der Waals surface area contributed by atoms with Gasteiger partial charge in [-0.2, -0.15) is 0 Å². The Labute approximate surface area is 185 Å². The lowest BCUT2D eigenvalue weighted by Gasteiger charge is -2.34. The van der Waals surface area contributed by atoms with Crippen molar-refractivity contribution < 1.29 is 9.59 Å². The third kappa shape index (κ3) is 4.76. The molecule has 6 nitrogen and oxygen atoms in total. The van der Waals surface area contributed by atoms with Crippen molar-refractivity contribution in [3.05, 3.63) is 62.3 Å². The van der Waals surface area contributed by atoms with Gasteiger partial charge in [-0.3, -0.25) is 14.5 Å². The van der Waals surface area contributed by atoms with Crippen molar-refractivity contribution >= 4 is 40.4 Å². The van der Waals surface area contributed by atoms with Crippen LogP contribution >= 0.6 is 22.9 Å². The number of carbonyl (C=O) groups is 2. The van der Waals surface area contributed by atoms with Crippen molar-refractivity contribution in [3.63, 3.8) is 0 Å². The average molecular weight is 443 g/mol. The summed E-state index contributed by atoms with van der Waals surface area (Å²) in [6, 6.07) is 7.00. The molecule has 1 N–H and O–H groups in total. The lowest BCUT2D eigenvalue weighted by molar-refractivity contribution is -0.123. The molecule has 3 aromatic rings. The Kier molecular flexibility index (Phi) is 6.38. The van der Waals surface area contributed by atoms with Crippen LogP contribution in [0.2, 0.25) is 0 Å². The van der Waals surface area contributed by atoms with Crippen molar-refractivity contribution in [1.29, 1.82) is 0 Å². The second-order valence-electron chi connectivity index (χ2n) is 8.37. The second-order valence-corrected chi connectivity index (χ2v) is 9.96. The minimum Gasteiger partial charge on any atom is -0.349 e. The van der Waals surface area contributed by atoms with Gasteiger partial charge in [-0.05, 0) is 75.6 Å². The Morgan fingerprint density at radius 2 is 1.80 bits per heavy atom. The van der Waals surface area contributed by atoms with E-state index in [2.05, 4.69) is 14.9 Å². The van der Waals surface area contributed by atoms with Crippen LogP contribution in [0.3, 0.4) is 0 Å². The van der Waals surface area contributed by atoms with Crippen LogP contribution in [-0.2, 0) is 4.79 Å². The number of benzene rings is 1. The molecule has 0 saturated carbocycles. The number of nitrogens with one attached hydrogen (secondary N) is 1. The quantitative estimate of drug-likeness (QED) is 0.614. The molecule has 8 heteroatoms. The van der Waals surface area contributed by atoms with Crippen LogP contribution in [0.4, 0.5) is 5.69 Å². The zero-order chi connectivity index (χ0) is 22.1. The summed E-state index contributed by atoms with van der Waals surface area (Å²) in [5.74, 6) is -0.581. The molecule has 0 aliphatic rings. The minimum absolute atomic E-state index is 0.226. The Balaban J connectivity index is 2.23. The van der Waals surface area contributed by atoms with Crippen LogP contribution in [0.5, 0.6) is 0 Å². The van der Waals surface area contributed by atoms with Crippen molar-refractivity contribution in [3.8, 4) is 0 Å². The van der Waals surface area contributed by atoms with Crippen LogP contribution in [0.25, 0.3) is 0 Å². The molecule has 2 aromatic heterocycles. The second kappa shape index (κ2) is 8.65. The maximum atomic E-state index is 13.7. The van der Waals surface area contributed by atoms with E-state index in [4.69, 9.17) is 0 Å². The molecular weight excluding hydrogens is 416 g/mol. The maximum absolute atomic E-state index is 13.7. The molecule has 0 fully saturated rings. The number of anilines is 1. The lowest BCUT2D eigenvalue weighted by atomic mass is 10.0. The van der Waals surface area contributed by atoms with E-state index in [-0.39, 0.29) is 17.5 Å². The molecule has 2 heterocycles. The largest absolute Gasteiger partial charge is 0.349 e. The molecule has 3 rings (SSSR count). The van der Waals surface area contributed by atoms with Crippen molar-refractivity contribution in [2.24, 2.45) is 0 Å². The number of aromatic nitrogens is 2. The predicted molar refractivity (Wildman–Crippen MR) is 122 cm³/mol. The molecule has 0 saturated heterocycles. The third-order valence-corrected chi connectivity index (χ3v) is 5.92.